The Labute approximate surface area is 227 Å². The molecule has 0 fully saturated rings. The molecule has 13 heteroatoms. The van der Waals surface area contributed by atoms with Crippen LogP contribution in [0.5, 0.6) is 11.6 Å². The zero-order valence-corrected chi connectivity index (χ0v) is 23.4. The number of nitrogens with zero attached hydrogens (tertiary/aromatic N) is 4. The zero-order chi connectivity index (χ0) is 26.0. The molecule has 1 aliphatic rings. The molecule has 0 saturated carbocycles. The Bertz CT molecular complexity index is 1380. The third-order valence-electron chi connectivity index (χ3n) is 5.76. The van der Waals surface area contributed by atoms with Crippen molar-refractivity contribution in [1.82, 2.24) is 19.1 Å². The molecule has 1 atom stereocenters. The molecule has 0 bridgehead atoms. The second kappa shape index (κ2) is 11.1. The van der Waals surface area contributed by atoms with E-state index in [0.717, 1.165) is 17.7 Å². The Morgan fingerprint density at radius 1 is 1.22 bits per heavy atom. The molecule has 2 heterocycles. The fraction of sp³-hybridized carbons (Fsp3) is 0.348. The molecule has 2 aromatic heterocycles. The van der Waals surface area contributed by atoms with E-state index < -0.39 is 16.1 Å². The summed E-state index contributed by atoms with van der Waals surface area (Å²) in [6.07, 6.45) is 4.95. The number of halogens is 3. The van der Waals surface area contributed by atoms with Gasteiger partial charge in [0.15, 0.2) is 0 Å². The van der Waals surface area contributed by atoms with Crippen molar-refractivity contribution in [3.05, 3.63) is 62.4 Å². The van der Waals surface area contributed by atoms with Crippen LogP contribution < -0.4 is 4.74 Å². The fourth-order valence-electron chi connectivity index (χ4n) is 4.09. The number of hydrogen-bond acceptors (Lipinski definition) is 7. The van der Waals surface area contributed by atoms with Gasteiger partial charge in [-0.15, -0.1) is 0 Å². The minimum Gasteiger partial charge on any atom is -0.465 e. The Morgan fingerprint density at radius 3 is 2.61 bits per heavy atom. The van der Waals surface area contributed by atoms with E-state index in [1.807, 2.05) is 0 Å². The summed E-state index contributed by atoms with van der Waals surface area (Å²) >= 11 is 15.4. The summed E-state index contributed by atoms with van der Waals surface area (Å²) in [5, 5.41) is 5.12. The highest BCUT2D eigenvalue weighted by molar-refractivity contribution is 9.10. The minimum atomic E-state index is -3.91. The lowest BCUT2D eigenvalue weighted by Crippen LogP contribution is -2.33. The van der Waals surface area contributed by atoms with Gasteiger partial charge in [0, 0.05) is 28.4 Å². The maximum Gasteiger partial charge on any atom is 0.327 e. The molecule has 9 nitrogen and oxygen atoms in total. The molecule has 1 aliphatic carbocycles. The lowest BCUT2D eigenvalue weighted by Gasteiger charge is -2.30. The van der Waals surface area contributed by atoms with Gasteiger partial charge < -0.3 is 9.47 Å². The topological polar surface area (TPSA) is 104 Å². The monoisotopic (exact) mass is 616 g/mol. The van der Waals surface area contributed by atoms with E-state index in [9.17, 15) is 13.2 Å². The van der Waals surface area contributed by atoms with Gasteiger partial charge in [-0.1, -0.05) is 23.2 Å². The van der Waals surface area contributed by atoms with Gasteiger partial charge in [0.05, 0.1) is 29.5 Å². The van der Waals surface area contributed by atoms with Gasteiger partial charge in [0.25, 0.3) is 0 Å². The summed E-state index contributed by atoms with van der Waals surface area (Å²) in [6, 6.07) is 5.72. The van der Waals surface area contributed by atoms with Crippen molar-refractivity contribution in [1.29, 1.82) is 0 Å². The summed E-state index contributed by atoms with van der Waals surface area (Å²) in [4.78, 5) is 16.1. The predicted molar refractivity (Wildman–Crippen MR) is 138 cm³/mol. The predicted octanol–water partition coefficient (Wildman–Crippen LogP) is 5.40. The average molecular weight is 618 g/mol. The minimum absolute atomic E-state index is 0.000564. The lowest BCUT2D eigenvalue weighted by atomic mass is 9.93. The molecule has 0 N–H and O–H groups in total. The number of esters is 1. The van der Waals surface area contributed by atoms with Gasteiger partial charge in [-0.05, 0) is 66.4 Å². The zero-order valence-electron chi connectivity index (χ0n) is 19.4. The number of carbonyl (C=O) groups is 1. The number of benzene rings is 1. The normalized spacial score (nSPS) is 15.6. The molecule has 3 aromatic rings. The second-order valence-corrected chi connectivity index (χ2v) is 11.8. The standard InChI is InChI=1S/C23H23BrCl2N4O5S/c1-3-34-22(31)13-30-21-6-4-5-20(18(21)12-28-30)29(2)36(32,33)17-10-19(24)23(27-11-17)35-16-8-14(25)7-15(26)9-16/h7-12,20H,3-6,13H2,1-2H3/t20-/m1/s1. The van der Waals surface area contributed by atoms with Crippen LogP contribution in [0.1, 0.15) is 37.1 Å². The molecule has 0 saturated heterocycles. The number of pyridine rings is 1. The van der Waals surface area contributed by atoms with Crippen molar-refractivity contribution in [3.8, 4) is 11.6 Å². The third kappa shape index (κ3) is 5.70. The SMILES string of the molecule is CCOC(=O)Cn1ncc2c1CCC[C@H]2N(C)S(=O)(=O)c1cnc(Oc2cc(Cl)cc(Cl)c2)c(Br)c1. The Balaban J connectivity index is 1.57. The van der Waals surface area contributed by atoms with Crippen LogP contribution in [0.3, 0.4) is 0 Å². The highest BCUT2D eigenvalue weighted by atomic mass is 79.9. The van der Waals surface area contributed by atoms with Crippen LogP contribution in [0.2, 0.25) is 10.0 Å². The van der Waals surface area contributed by atoms with Crippen LogP contribution >= 0.6 is 39.1 Å². The first-order valence-corrected chi connectivity index (χ1v) is 14.1. The first kappa shape index (κ1) is 26.9. The molecule has 1 aromatic carbocycles. The van der Waals surface area contributed by atoms with Gasteiger partial charge >= 0.3 is 5.97 Å². The van der Waals surface area contributed by atoms with E-state index in [2.05, 4.69) is 26.0 Å². The number of aromatic nitrogens is 3. The molecule has 192 valence electrons. The largest absolute Gasteiger partial charge is 0.465 e. The van der Waals surface area contributed by atoms with Gasteiger partial charge in [0.1, 0.15) is 17.2 Å². The highest BCUT2D eigenvalue weighted by Gasteiger charge is 2.35. The molecule has 36 heavy (non-hydrogen) atoms. The van der Waals surface area contributed by atoms with Crippen LogP contribution in [0.15, 0.2) is 46.0 Å². The van der Waals surface area contributed by atoms with Crippen molar-refractivity contribution >= 4 is 55.1 Å². The van der Waals surface area contributed by atoms with Crippen LogP contribution in [-0.2, 0) is 32.5 Å². The number of sulfonamides is 1. The summed E-state index contributed by atoms with van der Waals surface area (Å²) < 4.78 is 41.0. The van der Waals surface area contributed by atoms with Crippen LogP contribution in [0.25, 0.3) is 0 Å². The fourth-order valence-corrected chi connectivity index (χ4v) is 6.52. The number of ether oxygens (including phenoxy) is 2. The highest BCUT2D eigenvalue weighted by Crippen LogP contribution is 2.38. The molecule has 0 amide bonds. The molecule has 0 radical (unpaired) electrons. The summed E-state index contributed by atoms with van der Waals surface area (Å²) in [6.45, 7) is 2.01. The van der Waals surface area contributed by atoms with Crippen LogP contribution in [-0.4, -0.2) is 47.1 Å². The first-order chi connectivity index (χ1) is 17.1. The molecule has 0 unspecified atom stereocenters. The first-order valence-electron chi connectivity index (χ1n) is 11.1. The van der Waals surface area contributed by atoms with E-state index in [-0.39, 0.29) is 29.9 Å². The van der Waals surface area contributed by atoms with Gasteiger partial charge in [-0.3, -0.25) is 9.48 Å². The number of carbonyl (C=O) groups excluding carboxylic acids is 1. The maximum atomic E-state index is 13.5. The van der Waals surface area contributed by atoms with Crippen molar-refractivity contribution < 1.29 is 22.7 Å². The third-order valence-corrected chi connectivity index (χ3v) is 8.60. The Hall–Kier alpha value is -2.18. The second-order valence-electron chi connectivity index (χ2n) is 8.10. The number of hydrogen-bond donors (Lipinski definition) is 0. The summed E-state index contributed by atoms with van der Waals surface area (Å²) in [5.41, 5.74) is 1.62. The van der Waals surface area contributed by atoms with E-state index in [1.165, 1.54) is 23.6 Å². The van der Waals surface area contributed by atoms with Gasteiger partial charge in [0.2, 0.25) is 15.9 Å². The van der Waals surface area contributed by atoms with Gasteiger partial charge in [-0.2, -0.15) is 9.40 Å². The van der Waals surface area contributed by atoms with Crippen molar-refractivity contribution in [2.45, 2.75) is 43.7 Å². The van der Waals surface area contributed by atoms with Crippen LogP contribution in [0, 0.1) is 0 Å². The molecule has 4 rings (SSSR count). The van der Waals surface area contributed by atoms with Crippen molar-refractivity contribution in [2.24, 2.45) is 0 Å². The number of fused-ring (bicyclic) bond motifs is 1. The Kier molecular flexibility index (Phi) is 8.25. The summed E-state index contributed by atoms with van der Waals surface area (Å²) in [5.74, 6) is 0.142. The van der Waals surface area contributed by atoms with Crippen LogP contribution in [0.4, 0.5) is 0 Å². The van der Waals surface area contributed by atoms with E-state index in [4.69, 9.17) is 32.7 Å². The van der Waals surface area contributed by atoms with E-state index in [0.29, 0.717) is 33.1 Å². The molecular weight excluding hydrogens is 595 g/mol. The lowest BCUT2D eigenvalue weighted by molar-refractivity contribution is -0.144. The smallest absolute Gasteiger partial charge is 0.327 e. The molecule has 0 spiro atoms. The van der Waals surface area contributed by atoms with E-state index in [1.54, 1.807) is 36.0 Å². The number of rotatable bonds is 8. The quantitative estimate of drug-likeness (QED) is 0.312. The van der Waals surface area contributed by atoms with E-state index >= 15 is 0 Å². The maximum absolute atomic E-state index is 13.5. The van der Waals surface area contributed by atoms with Crippen molar-refractivity contribution in [2.75, 3.05) is 13.7 Å². The Morgan fingerprint density at radius 2 is 1.94 bits per heavy atom. The average Bonchev–Trinajstić information content (AvgIpc) is 3.22. The molecular formula is C23H23BrCl2N4O5S. The summed E-state index contributed by atoms with van der Waals surface area (Å²) in [7, 11) is -2.38. The molecule has 0 aliphatic heterocycles. The van der Waals surface area contributed by atoms with Gasteiger partial charge in [-0.25, -0.2) is 13.4 Å². The van der Waals surface area contributed by atoms with Crippen molar-refractivity contribution in [3.63, 3.8) is 0 Å².